The van der Waals surface area contributed by atoms with Gasteiger partial charge in [0.2, 0.25) is 5.91 Å². The Bertz CT molecular complexity index is 1100. The predicted molar refractivity (Wildman–Crippen MR) is 120 cm³/mol. The maximum atomic E-state index is 13.3. The van der Waals surface area contributed by atoms with E-state index in [4.69, 9.17) is 9.15 Å². The molecule has 2 aromatic carbocycles. The second-order valence-corrected chi connectivity index (χ2v) is 8.04. The largest absolute Gasteiger partial charge is 0.477 e. The number of amides is 2. The molecular formula is C25H28N2O4. The Morgan fingerprint density at radius 2 is 1.94 bits per heavy atom. The Labute approximate surface area is 182 Å². The standard InChI is InChI=1S/C25H28N2O4/c1-4-18(5-2)26-25(29)23-14-27(20-8-6-7-9-21(20)31-23)24(28)13-17-15-30-22-12-16(3)10-11-19(17)22/h6-12,15,18,23H,4-5,13-14H2,1-3H3,(H,26,29). The van der Waals surface area contributed by atoms with Crippen molar-refractivity contribution in [1.29, 1.82) is 0 Å². The number of anilines is 1. The Balaban J connectivity index is 1.58. The lowest BCUT2D eigenvalue weighted by atomic mass is 10.1. The third-order valence-electron chi connectivity index (χ3n) is 5.85. The number of fused-ring (bicyclic) bond motifs is 2. The van der Waals surface area contributed by atoms with Gasteiger partial charge in [0.15, 0.2) is 6.10 Å². The van der Waals surface area contributed by atoms with E-state index in [0.717, 1.165) is 34.9 Å². The van der Waals surface area contributed by atoms with Crippen molar-refractivity contribution in [3.8, 4) is 5.75 Å². The number of benzene rings is 2. The lowest BCUT2D eigenvalue weighted by Gasteiger charge is -2.34. The number of ether oxygens (including phenoxy) is 1. The zero-order chi connectivity index (χ0) is 22.0. The molecule has 3 aromatic rings. The third-order valence-corrected chi connectivity index (χ3v) is 5.85. The number of nitrogens with one attached hydrogen (secondary N) is 1. The summed E-state index contributed by atoms with van der Waals surface area (Å²) in [4.78, 5) is 27.8. The zero-order valence-corrected chi connectivity index (χ0v) is 18.2. The van der Waals surface area contributed by atoms with Gasteiger partial charge in [0, 0.05) is 17.0 Å². The van der Waals surface area contributed by atoms with E-state index in [9.17, 15) is 9.59 Å². The highest BCUT2D eigenvalue weighted by atomic mass is 16.5. The van der Waals surface area contributed by atoms with Crippen LogP contribution >= 0.6 is 0 Å². The summed E-state index contributed by atoms with van der Waals surface area (Å²) in [6.07, 6.45) is 2.78. The molecule has 1 atom stereocenters. The van der Waals surface area contributed by atoms with Crippen LogP contribution in [0.4, 0.5) is 5.69 Å². The van der Waals surface area contributed by atoms with E-state index in [0.29, 0.717) is 11.4 Å². The van der Waals surface area contributed by atoms with Crippen molar-refractivity contribution in [1.82, 2.24) is 5.32 Å². The van der Waals surface area contributed by atoms with Crippen LogP contribution in [0.2, 0.25) is 0 Å². The van der Waals surface area contributed by atoms with Crippen LogP contribution in [-0.2, 0) is 16.0 Å². The molecular weight excluding hydrogens is 392 g/mol. The van der Waals surface area contributed by atoms with Gasteiger partial charge in [0.1, 0.15) is 11.3 Å². The molecule has 0 aliphatic carbocycles. The molecule has 0 bridgehead atoms. The minimum absolute atomic E-state index is 0.0955. The maximum Gasteiger partial charge on any atom is 0.263 e. The van der Waals surface area contributed by atoms with Gasteiger partial charge >= 0.3 is 0 Å². The molecule has 1 N–H and O–H groups in total. The van der Waals surface area contributed by atoms with Gasteiger partial charge in [-0.3, -0.25) is 9.59 Å². The number of carbonyl (C=O) groups is 2. The van der Waals surface area contributed by atoms with E-state index in [1.165, 1.54) is 0 Å². The fraction of sp³-hybridized carbons (Fsp3) is 0.360. The first-order valence-electron chi connectivity index (χ1n) is 10.8. The first-order valence-corrected chi connectivity index (χ1v) is 10.8. The summed E-state index contributed by atoms with van der Waals surface area (Å²) in [6, 6.07) is 13.4. The Kier molecular flexibility index (Phi) is 5.98. The third kappa shape index (κ3) is 4.29. The summed E-state index contributed by atoms with van der Waals surface area (Å²) < 4.78 is 11.6. The highest BCUT2D eigenvalue weighted by Gasteiger charge is 2.34. The smallest absolute Gasteiger partial charge is 0.263 e. The highest BCUT2D eigenvalue weighted by Crippen LogP contribution is 2.34. The second kappa shape index (κ2) is 8.84. The molecule has 0 saturated carbocycles. The van der Waals surface area contributed by atoms with Crippen molar-refractivity contribution in [3.05, 3.63) is 59.9 Å². The quantitative estimate of drug-likeness (QED) is 0.642. The number of para-hydroxylation sites is 2. The van der Waals surface area contributed by atoms with Crippen LogP contribution in [0.25, 0.3) is 11.0 Å². The maximum absolute atomic E-state index is 13.3. The van der Waals surface area contributed by atoms with E-state index < -0.39 is 6.10 Å². The average molecular weight is 421 g/mol. The number of furan rings is 1. The lowest BCUT2D eigenvalue weighted by Crippen LogP contribution is -2.52. The van der Waals surface area contributed by atoms with Crippen molar-refractivity contribution >= 4 is 28.5 Å². The van der Waals surface area contributed by atoms with Crippen LogP contribution in [0.15, 0.2) is 53.1 Å². The van der Waals surface area contributed by atoms with Crippen LogP contribution in [0, 0.1) is 6.92 Å². The first-order chi connectivity index (χ1) is 15.0. The molecule has 6 nitrogen and oxygen atoms in total. The molecule has 0 radical (unpaired) electrons. The van der Waals surface area contributed by atoms with Gasteiger partial charge < -0.3 is 19.4 Å². The van der Waals surface area contributed by atoms with Crippen molar-refractivity contribution < 1.29 is 18.7 Å². The molecule has 31 heavy (non-hydrogen) atoms. The fourth-order valence-corrected chi connectivity index (χ4v) is 3.98. The van der Waals surface area contributed by atoms with E-state index in [1.807, 2.05) is 57.2 Å². The predicted octanol–water partition coefficient (Wildman–Crippen LogP) is 4.38. The van der Waals surface area contributed by atoms with Crippen LogP contribution in [0.5, 0.6) is 5.75 Å². The van der Waals surface area contributed by atoms with Crippen LogP contribution < -0.4 is 15.0 Å². The summed E-state index contributed by atoms with van der Waals surface area (Å²) in [5.41, 5.74) is 3.39. The Morgan fingerprint density at radius 3 is 2.71 bits per heavy atom. The topological polar surface area (TPSA) is 71.8 Å². The monoisotopic (exact) mass is 420 g/mol. The van der Waals surface area contributed by atoms with Crippen LogP contribution in [0.3, 0.4) is 0 Å². The molecule has 2 amide bonds. The fourth-order valence-electron chi connectivity index (χ4n) is 3.98. The van der Waals surface area contributed by atoms with E-state index in [2.05, 4.69) is 5.32 Å². The van der Waals surface area contributed by atoms with Gasteiger partial charge in [-0.1, -0.05) is 38.1 Å². The molecule has 162 valence electrons. The summed E-state index contributed by atoms with van der Waals surface area (Å²) in [7, 11) is 0. The van der Waals surface area contributed by atoms with Gasteiger partial charge in [-0.05, 0) is 43.5 Å². The SMILES string of the molecule is CCC(CC)NC(=O)C1CN(C(=O)Cc2coc3cc(C)ccc23)c2ccccc2O1. The van der Waals surface area contributed by atoms with Crippen LogP contribution in [-0.4, -0.2) is 30.5 Å². The zero-order valence-electron chi connectivity index (χ0n) is 18.2. The number of hydrogen-bond acceptors (Lipinski definition) is 4. The Morgan fingerprint density at radius 1 is 1.16 bits per heavy atom. The van der Waals surface area contributed by atoms with E-state index in [1.54, 1.807) is 17.2 Å². The number of carbonyl (C=O) groups excluding carboxylic acids is 2. The molecule has 2 heterocycles. The second-order valence-electron chi connectivity index (χ2n) is 8.04. The number of rotatable bonds is 6. The molecule has 1 unspecified atom stereocenters. The summed E-state index contributed by atoms with van der Waals surface area (Å²) in [5, 5.41) is 3.97. The average Bonchev–Trinajstić information content (AvgIpc) is 3.17. The number of hydrogen-bond donors (Lipinski definition) is 1. The number of nitrogens with zero attached hydrogens (tertiary/aromatic N) is 1. The molecule has 6 heteroatoms. The molecule has 1 aromatic heterocycles. The molecule has 0 saturated heterocycles. The Hall–Kier alpha value is -3.28. The number of aryl methyl sites for hydroxylation is 1. The minimum Gasteiger partial charge on any atom is -0.477 e. The molecule has 0 fully saturated rings. The normalized spacial score (nSPS) is 15.6. The summed E-state index contributed by atoms with van der Waals surface area (Å²) in [6.45, 7) is 6.26. The van der Waals surface area contributed by atoms with Crippen LogP contribution in [0.1, 0.15) is 37.8 Å². The molecule has 4 rings (SSSR count). The van der Waals surface area contributed by atoms with Crippen molar-refractivity contribution in [2.45, 2.75) is 52.2 Å². The van der Waals surface area contributed by atoms with Crippen molar-refractivity contribution in [2.24, 2.45) is 0 Å². The van der Waals surface area contributed by atoms with Gasteiger partial charge in [-0.25, -0.2) is 0 Å². The van der Waals surface area contributed by atoms with E-state index in [-0.39, 0.29) is 30.8 Å². The lowest BCUT2D eigenvalue weighted by molar-refractivity contribution is -0.129. The summed E-state index contributed by atoms with van der Waals surface area (Å²) in [5.74, 6) is 0.254. The molecule has 1 aliphatic rings. The van der Waals surface area contributed by atoms with Gasteiger partial charge in [-0.2, -0.15) is 0 Å². The first kappa shape index (κ1) is 21.0. The van der Waals surface area contributed by atoms with Gasteiger partial charge in [0.05, 0.1) is 24.9 Å². The van der Waals surface area contributed by atoms with E-state index >= 15 is 0 Å². The molecule has 0 spiro atoms. The minimum atomic E-state index is -0.747. The highest BCUT2D eigenvalue weighted by molar-refractivity contribution is 6.00. The molecule has 1 aliphatic heterocycles. The van der Waals surface area contributed by atoms with Gasteiger partial charge in [0.25, 0.3) is 5.91 Å². The van der Waals surface area contributed by atoms with Crippen molar-refractivity contribution in [3.63, 3.8) is 0 Å². The summed E-state index contributed by atoms with van der Waals surface area (Å²) >= 11 is 0. The van der Waals surface area contributed by atoms with Gasteiger partial charge in [-0.15, -0.1) is 0 Å². The van der Waals surface area contributed by atoms with Crippen molar-refractivity contribution in [2.75, 3.05) is 11.4 Å².